The Labute approximate surface area is 218 Å². The monoisotopic (exact) mass is 674 g/mol. The van der Waals surface area contributed by atoms with E-state index in [2.05, 4.69) is 0 Å². The first-order chi connectivity index (χ1) is 17.0. The van der Waals surface area contributed by atoms with Gasteiger partial charge in [0.2, 0.25) is 0 Å². The van der Waals surface area contributed by atoms with E-state index in [0.717, 1.165) is 0 Å². The van der Waals surface area contributed by atoms with Crippen molar-refractivity contribution in [2.24, 2.45) is 0 Å². The minimum absolute atomic E-state index is 0. The number of aliphatic carboxylic acids is 1. The second kappa shape index (κ2) is 11.3. The maximum atomic E-state index is 14.3. The van der Waals surface area contributed by atoms with Crippen LogP contribution in [-0.2, 0) is 14.8 Å². The zero-order valence-electron chi connectivity index (χ0n) is 20.2. The molecule has 0 aliphatic heterocycles. The number of alkyl halides is 17. The molecule has 0 aromatic heterocycles. The largest absolute Gasteiger partial charge is 0.870 e. The number of rotatable bonds is 14. The molecule has 0 unspecified atom stereocenters. The van der Waals surface area contributed by atoms with Crippen LogP contribution in [0.25, 0.3) is 0 Å². The zero-order chi connectivity index (χ0) is 33.0. The lowest BCUT2D eigenvalue weighted by molar-refractivity contribution is -0.870. The number of hydrogen-bond donors (Lipinski definition) is 1. The van der Waals surface area contributed by atoms with Crippen LogP contribution in [-0.4, -0.2) is 122 Å². The number of quaternary nitrogens is 1. The van der Waals surface area contributed by atoms with Crippen molar-refractivity contribution in [1.82, 2.24) is 4.31 Å². The molecule has 0 saturated carbocycles. The summed E-state index contributed by atoms with van der Waals surface area (Å²) in [5.41, 5.74) is 0. The minimum Gasteiger partial charge on any atom is -0.870 e. The van der Waals surface area contributed by atoms with Gasteiger partial charge in [-0.1, -0.05) is 0 Å². The number of carboxylic acid groups (broad SMARTS) is 1. The fourth-order valence-corrected chi connectivity index (χ4v) is 4.06. The third-order valence-corrected chi connectivity index (χ3v) is 6.80. The predicted molar refractivity (Wildman–Crippen MR) is 98.3 cm³/mol. The van der Waals surface area contributed by atoms with Crippen molar-refractivity contribution in [2.45, 2.75) is 53.4 Å². The Morgan fingerprint density at radius 2 is 0.976 bits per heavy atom. The van der Waals surface area contributed by atoms with Gasteiger partial charge in [-0.25, -0.2) is 8.42 Å². The van der Waals surface area contributed by atoms with Gasteiger partial charge in [-0.15, -0.1) is 0 Å². The van der Waals surface area contributed by atoms with Crippen LogP contribution in [0.2, 0.25) is 0 Å². The van der Waals surface area contributed by atoms with Gasteiger partial charge < -0.3 is 15.1 Å². The Kier molecular flexibility index (Phi) is 11.4. The SMILES string of the molecule is C[N+](C)(C)CCCN(CC(=O)O)S(=O)(=O)C(F)(F)C(F)(F)C(F)(F)C(F)(F)C(F)(F)C(F)(F)C(F)(F)C(F)(F)F.[OH-]. The highest BCUT2D eigenvalue weighted by molar-refractivity contribution is 7.90. The number of nitrogens with zero attached hydrogens (tertiary/aromatic N) is 2. The van der Waals surface area contributed by atoms with Gasteiger partial charge in [-0.3, -0.25) is 4.79 Å². The summed E-state index contributed by atoms with van der Waals surface area (Å²) >= 11 is 0. The van der Waals surface area contributed by atoms with Crippen molar-refractivity contribution in [3.63, 3.8) is 0 Å². The number of carbonyl (C=O) groups is 1. The summed E-state index contributed by atoms with van der Waals surface area (Å²) in [6, 6.07) is 0. The van der Waals surface area contributed by atoms with Crippen LogP contribution in [0.5, 0.6) is 0 Å². The van der Waals surface area contributed by atoms with E-state index in [1.54, 1.807) is 0 Å². The number of sulfonamides is 1. The summed E-state index contributed by atoms with van der Waals surface area (Å²) in [5, 5.41) is 0.851. The normalized spacial score (nSPS) is 15.6. The third-order valence-electron chi connectivity index (χ3n) is 4.91. The van der Waals surface area contributed by atoms with E-state index in [9.17, 15) is 87.8 Å². The molecule has 0 fully saturated rings. The van der Waals surface area contributed by atoms with Crippen molar-refractivity contribution in [3.05, 3.63) is 0 Å². The topological polar surface area (TPSA) is 105 Å². The van der Waals surface area contributed by atoms with Crippen molar-refractivity contribution < 1.29 is 103 Å². The van der Waals surface area contributed by atoms with Gasteiger partial charge in [0.1, 0.15) is 6.54 Å². The maximum absolute atomic E-state index is 14.3. The molecule has 0 atom stereocenters. The van der Waals surface area contributed by atoms with Crippen molar-refractivity contribution in [1.29, 1.82) is 0 Å². The maximum Gasteiger partial charge on any atom is 0.460 e. The first-order valence-electron chi connectivity index (χ1n) is 9.75. The zero-order valence-corrected chi connectivity index (χ0v) is 21.0. The molecular formula is C16H19F17N2O5S. The van der Waals surface area contributed by atoms with Gasteiger partial charge >= 0.3 is 52.9 Å². The highest BCUT2D eigenvalue weighted by atomic mass is 32.2. The number of halogens is 17. The Morgan fingerprint density at radius 1 is 0.659 bits per heavy atom. The molecule has 0 saturated heterocycles. The fraction of sp³-hybridized carbons (Fsp3) is 0.938. The van der Waals surface area contributed by atoms with Crippen molar-refractivity contribution >= 4 is 16.0 Å². The molecule has 0 bridgehead atoms. The van der Waals surface area contributed by atoms with Crippen molar-refractivity contribution in [2.75, 3.05) is 40.8 Å². The fourth-order valence-electron chi connectivity index (χ4n) is 2.63. The highest BCUT2D eigenvalue weighted by Crippen LogP contribution is 2.64. The molecule has 0 spiro atoms. The van der Waals surface area contributed by atoms with E-state index >= 15 is 0 Å². The van der Waals surface area contributed by atoms with E-state index in [-0.39, 0.29) is 16.5 Å². The van der Waals surface area contributed by atoms with Gasteiger partial charge in [0, 0.05) is 13.0 Å². The van der Waals surface area contributed by atoms with Gasteiger partial charge in [0.25, 0.3) is 10.0 Å². The average Bonchev–Trinajstić information content (AvgIpc) is 2.69. The second-order valence-electron chi connectivity index (χ2n) is 9.06. The summed E-state index contributed by atoms with van der Waals surface area (Å²) in [6.07, 6.45) is -8.66. The van der Waals surface area contributed by atoms with Gasteiger partial charge in [-0.05, 0) is 0 Å². The molecule has 248 valence electrons. The number of hydrogen-bond acceptors (Lipinski definition) is 4. The van der Waals surface area contributed by atoms with E-state index in [4.69, 9.17) is 5.11 Å². The lowest BCUT2D eigenvalue weighted by Crippen LogP contribution is -2.75. The molecule has 7 nitrogen and oxygen atoms in total. The summed E-state index contributed by atoms with van der Waals surface area (Å²) in [7, 11) is -3.62. The molecular weight excluding hydrogens is 655 g/mol. The van der Waals surface area contributed by atoms with Crippen molar-refractivity contribution in [3.8, 4) is 0 Å². The molecule has 2 N–H and O–H groups in total. The highest BCUT2D eigenvalue weighted by Gasteiger charge is 2.96. The van der Waals surface area contributed by atoms with E-state index in [0.29, 0.717) is 0 Å². The summed E-state index contributed by atoms with van der Waals surface area (Å²) in [6.45, 7) is -4.11. The van der Waals surface area contributed by atoms with Crippen LogP contribution in [0.4, 0.5) is 74.6 Å². The second-order valence-corrected chi connectivity index (χ2v) is 11.0. The predicted octanol–water partition coefficient (Wildman–Crippen LogP) is 4.59. The standard InChI is InChI=1S/C16H17F17N2O4S.H2O/c1-35(2,3)6-4-5-34(7-8(36)37)40(38,39)16(32,33)14(27,28)12(23,24)10(19,20)9(17,18)11(21,22)13(25,26)15(29,30)31;/h4-7H2,1-3H3;1H2. The minimum atomic E-state index is -8.96. The van der Waals surface area contributed by atoms with Crippen LogP contribution < -0.4 is 0 Å². The van der Waals surface area contributed by atoms with E-state index < -0.39 is 86.8 Å². The van der Waals surface area contributed by atoms with Crippen LogP contribution in [0.3, 0.4) is 0 Å². The first-order valence-corrected chi connectivity index (χ1v) is 11.2. The Bertz CT molecular complexity index is 1040. The molecule has 0 aliphatic rings. The summed E-state index contributed by atoms with van der Waals surface area (Å²) in [4.78, 5) is 10.8. The first kappa shape index (κ1) is 41.2. The van der Waals surface area contributed by atoms with E-state index in [1.165, 1.54) is 21.1 Å². The smallest absolute Gasteiger partial charge is 0.460 e. The molecule has 41 heavy (non-hydrogen) atoms. The molecule has 25 heteroatoms. The molecule has 0 aromatic carbocycles. The van der Waals surface area contributed by atoms with Gasteiger partial charge in [0.15, 0.2) is 0 Å². The molecule has 0 heterocycles. The Morgan fingerprint density at radius 3 is 1.27 bits per heavy atom. The summed E-state index contributed by atoms with van der Waals surface area (Å²) < 4.78 is 251. The van der Waals surface area contributed by atoms with Crippen LogP contribution in [0.15, 0.2) is 0 Å². The lowest BCUT2D eigenvalue weighted by Gasteiger charge is -2.43. The van der Waals surface area contributed by atoms with E-state index in [1.807, 2.05) is 0 Å². The van der Waals surface area contributed by atoms with Crippen LogP contribution >= 0.6 is 0 Å². The molecule has 0 aromatic rings. The quantitative estimate of drug-likeness (QED) is 0.215. The van der Waals surface area contributed by atoms with Crippen LogP contribution in [0.1, 0.15) is 6.42 Å². The Hall–Kier alpha value is -1.89. The Balaban J connectivity index is 0. The average molecular weight is 674 g/mol. The molecule has 0 aliphatic carbocycles. The summed E-state index contributed by atoms with van der Waals surface area (Å²) in [5.74, 6) is -54.7. The lowest BCUT2D eigenvalue weighted by atomic mass is 9.91. The third kappa shape index (κ3) is 6.55. The van der Waals surface area contributed by atoms with Gasteiger partial charge in [-0.2, -0.15) is 78.9 Å². The molecule has 0 radical (unpaired) electrons. The number of carboxylic acids is 1. The molecule has 0 amide bonds. The van der Waals surface area contributed by atoms with Crippen LogP contribution in [0, 0.1) is 0 Å². The van der Waals surface area contributed by atoms with Gasteiger partial charge in [0.05, 0.1) is 27.7 Å². The molecule has 0 rings (SSSR count).